The van der Waals surface area contributed by atoms with Gasteiger partial charge in [-0.3, -0.25) is 9.78 Å². The van der Waals surface area contributed by atoms with Crippen LogP contribution in [0.1, 0.15) is 15.2 Å². The maximum absolute atomic E-state index is 13.1. The molecule has 18 heavy (non-hydrogen) atoms. The molecule has 2 heterocycles. The molecule has 0 saturated heterocycles. The molecule has 0 N–H and O–H groups in total. The highest BCUT2D eigenvalue weighted by Crippen LogP contribution is 2.27. The lowest BCUT2D eigenvalue weighted by atomic mass is 10.1. The molecule has 0 amide bonds. The fourth-order valence-electron chi connectivity index (χ4n) is 1.76. The number of hydrogen-bond acceptors (Lipinski definition) is 3. The maximum Gasteiger partial charge on any atom is 0.204 e. The van der Waals surface area contributed by atoms with E-state index in [4.69, 9.17) is 0 Å². The molecular weight excluding hydrogens is 249 g/mol. The lowest BCUT2D eigenvalue weighted by Gasteiger charge is -1.95. The monoisotopic (exact) mass is 257 g/mol. The van der Waals surface area contributed by atoms with E-state index in [0.717, 1.165) is 10.1 Å². The van der Waals surface area contributed by atoms with Crippen LogP contribution >= 0.6 is 11.3 Å². The molecular formula is C14H8FNOS. The first-order valence-electron chi connectivity index (χ1n) is 5.38. The van der Waals surface area contributed by atoms with Gasteiger partial charge in [-0.15, -0.1) is 11.3 Å². The molecule has 0 bridgehead atoms. The van der Waals surface area contributed by atoms with E-state index in [1.54, 1.807) is 30.5 Å². The van der Waals surface area contributed by atoms with Crippen LogP contribution < -0.4 is 0 Å². The zero-order valence-electron chi connectivity index (χ0n) is 9.26. The van der Waals surface area contributed by atoms with Crippen molar-refractivity contribution >= 4 is 27.2 Å². The molecule has 3 aromatic rings. The second-order valence-electron chi connectivity index (χ2n) is 3.86. The molecule has 0 aliphatic rings. The van der Waals surface area contributed by atoms with E-state index in [0.29, 0.717) is 10.4 Å². The summed E-state index contributed by atoms with van der Waals surface area (Å²) >= 11 is 1.30. The van der Waals surface area contributed by atoms with Crippen LogP contribution in [0.3, 0.4) is 0 Å². The summed E-state index contributed by atoms with van der Waals surface area (Å²) in [5.74, 6) is -0.366. The molecule has 0 saturated carbocycles. The fraction of sp³-hybridized carbons (Fsp3) is 0. The number of carbonyl (C=O) groups is 1. The van der Waals surface area contributed by atoms with Crippen LogP contribution in [-0.4, -0.2) is 10.8 Å². The maximum atomic E-state index is 13.1. The highest BCUT2D eigenvalue weighted by molar-refractivity contribution is 7.21. The first kappa shape index (κ1) is 11.0. The summed E-state index contributed by atoms with van der Waals surface area (Å²) in [5.41, 5.74) is 0.546. The molecule has 2 aromatic heterocycles. The number of nitrogens with zero attached hydrogens (tertiary/aromatic N) is 1. The van der Waals surface area contributed by atoms with Crippen molar-refractivity contribution in [2.24, 2.45) is 0 Å². The van der Waals surface area contributed by atoms with Gasteiger partial charge >= 0.3 is 0 Å². The van der Waals surface area contributed by atoms with Crippen LogP contribution in [0, 0.1) is 5.82 Å². The highest BCUT2D eigenvalue weighted by Gasteiger charge is 2.12. The summed E-state index contributed by atoms with van der Waals surface area (Å²) in [5, 5.41) is 0.883. The number of rotatable bonds is 2. The Morgan fingerprint density at radius 2 is 2.11 bits per heavy atom. The number of aromatic nitrogens is 1. The zero-order valence-corrected chi connectivity index (χ0v) is 10.1. The normalized spacial score (nSPS) is 10.7. The van der Waals surface area contributed by atoms with Crippen LogP contribution in [0.2, 0.25) is 0 Å². The number of hydrogen-bond donors (Lipinski definition) is 0. The van der Waals surface area contributed by atoms with Crippen molar-refractivity contribution in [2.45, 2.75) is 0 Å². The summed E-state index contributed by atoms with van der Waals surface area (Å²) in [4.78, 5) is 16.7. The van der Waals surface area contributed by atoms with Crippen LogP contribution in [0.25, 0.3) is 10.1 Å². The second-order valence-corrected chi connectivity index (χ2v) is 4.95. The van der Waals surface area contributed by atoms with E-state index >= 15 is 0 Å². The Kier molecular flexibility index (Phi) is 2.64. The SMILES string of the molecule is O=C(c1cccnc1)c1cc2ccc(F)cc2s1. The molecule has 1 aromatic carbocycles. The molecule has 0 spiro atoms. The molecule has 88 valence electrons. The highest BCUT2D eigenvalue weighted by atomic mass is 32.1. The Labute approximate surface area is 107 Å². The van der Waals surface area contributed by atoms with Crippen molar-refractivity contribution in [2.75, 3.05) is 0 Å². The van der Waals surface area contributed by atoms with Gasteiger partial charge in [0.05, 0.1) is 4.88 Å². The molecule has 0 aliphatic carbocycles. The number of pyridine rings is 1. The predicted molar refractivity (Wildman–Crippen MR) is 69.5 cm³/mol. The number of carbonyl (C=O) groups excluding carboxylic acids is 1. The van der Waals surface area contributed by atoms with E-state index in [1.165, 1.54) is 29.7 Å². The summed E-state index contributed by atoms with van der Waals surface area (Å²) in [6, 6.07) is 9.75. The third kappa shape index (κ3) is 1.91. The van der Waals surface area contributed by atoms with E-state index in [1.807, 2.05) is 0 Å². The smallest absolute Gasteiger partial charge is 0.204 e. The van der Waals surface area contributed by atoms with Crippen molar-refractivity contribution in [1.29, 1.82) is 0 Å². The molecule has 4 heteroatoms. The Morgan fingerprint density at radius 1 is 1.22 bits per heavy atom. The average molecular weight is 257 g/mol. The van der Waals surface area contributed by atoms with Gasteiger partial charge < -0.3 is 0 Å². The Balaban J connectivity index is 2.07. The fourth-order valence-corrected chi connectivity index (χ4v) is 2.81. The van der Waals surface area contributed by atoms with Gasteiger partial charge in [0.25, 0.3) is 0 Å². The van der Waals surface area contributed by atoms with Crippen molar-refractivity contribution < 1.29 is 9.18 Å². The molecule has 0 radical (unpaired) electrons. The zero-order chi connectivity index (χ0) is 12.5. The standard InChI is InChI=1S/C14H8FNOS/c15-11-4-3-9-6-13(18-12(9)7-11)14(17)10-2-1-5-16-8-10/h1-8H. The predicted octanol–water partition coefficient (Wildman–Crippen LogP) is 3.67. The van der Waals surface area contributed by atoms with Gasteiger partial charge in [0.2, 0.25) is 5.78 Å². The number of ketones is 1. The lowest BCUT2D eigenvalue weighted by molar-refractivity contribution is 0.104. The van der Waals surface area contributed by atoms with E-state index in [2.05, 4.69) is 4.98 Å². The van der Waals surface area contributed by atoms with Gasteiger partial charge in [-0.2, -0.15) is 0 Å². The largest absolute Gasteiger partial charge is 0.288 e. The number of fused-ring (bicyclic) bond motifs is 1. The van der Waals surface area contributed by atoms with Crippen molar-refractivity contribution in [3.8, 4) is 0 Å². The van der Waals surface area contributed by atoms with Crippen LogP contribution in [0.15, 0.2) is 48.8 Å². The number of benzene rings is 1. The minimum absolute atomic E-state index is 0.0790. The minimum atomic E-state index is -0.287. The average Bonchev–Trinajstić information content (AvgIpc) is 2.81. The van der Waals surface area contributed by atoms with Crippen molar-refractivity contribution in [3.63, 3.8) is 0 Å². The van der Waals surface area contributed by atoms with Gasteiger partial charge in [-0.05, 0) is 35.7 Å². The minimum Gasteiger partial charge on any atom is -0.288 e. The lowest BCUT2D eigenvalue weighted by Crippen LogP contribution is -1.98. The van der Waals surface area contributed by atoms with Crippen LogP contribution in [0.5, 0.6) is 0 Å². The van der Waals surface area contributed by atoms with Crippen molar-refractivity contribution in [3.05, 3.63) is 65.0 Å². The van der Waals surface area contributed by atoms with Gasteiger partial charge in [0.1, 0.15) is 5.82 Å². The Hall–Kier alpha value is -2.07. The molecule has 0 aliphatic heterocycles. The number of thiophene rings is 1. The first-order valence-corrected chi connectivity index (χ1v) is 6.19. The molecule has 0 unspecified atom stereocenters. The van der Waals surface area contributed by atoms with Gasteiger partial charge in [0, 0.05) is 22.7 Å². The topological polar surface area (TPSA) is 30.0 Å². The molecule has 0 fully saturated rings. The molecule has 3 rings (SSSR count). The third-order valence-corrected chi connectivity index (χ3v) is 3.73. The van der Waals surface area contributed by atoms with Crippen molar-refractivity contribution in [1.82, 2.24) is 4.98 Å². The van der Waals surface area contributed by atoms with Gasteiger partial charge in [-0.25, -0.2) is 4.39 Å². The molecule has 2 nitrogen and oxygen atoms in total. The van der Waals surface area contributed by atoms with E-state index < -0.39 is 0 Å². The Bertz CT molecular complexity index is 721. The van der Waals surface area contributed by atoms with E-state index in [-0.39, 0.29) is 11.6 Å². The third-order valence-electron chi connectivity index (χ3n) is 2.63. The second kappa shape index (κ2) is 4.31. The summed E-state index contributed by atoms with van der Waals surface area (Å²) in [6.45, 7) is 0. The summed E-state index contributed by atoms with van der Waals surface area (Å²) < 4.78 is 13.9. The molecule has 0 atom stereocenters. The van der Waals surface area contributed by atoms with Gasteiger partial charge in [-0.1, -0.05) is 6.07 Å². The summed E-state index contributed by atoms with van der Waals surface area (Å²) in [6.07, 6.45) is 3.16. The quantitative estimate of drug-likeness (QED) is 0.656. The first-order chi connectivity index (χ1) is 8.74. The summed E-state index contributed by atoms with van der Waals surface area (Å²) in [7, 11) is 0. The van der Waals surface area contributed by atoms with Crippen LogP contribution in [0.4, 0.5) is 4.39 Å². The van der Waals surface area contributed by atoms with Crippen LogP contribution in [-0.2, 0) is 0 Å². The van der Waals surface area contributed by atoms with Gasteiger partial charge in [0.15, 0.2) is 0 Å². The van der Waals surface area contributed by atoms with E-state index in [9.17, 15) is 9.18 Å². The number of halogens is 1. The Morgan fingerprint density at radius 3 is 2.89 bits per heavy atom.